The standard InChI is InChI=1S/C25H28F2N6O2/c1-2-28-25(35)20-7-8-21(22(27)29-20)33-11-9-32(10-12-33)17-5-3-15(13-17)23-30-19-6-4-16(26)14-18(19)24(34)31-23/h4,6-8,14-15,17H,2-3,5,9-13H2,1H3,(H,28,35)(H,30,31,34)/t15-,17+/m1/s1. The minimum atomic E-state index is -0.630. The molecular formula is C25H28F2N6O2. The molecule has 0 unspecified atom stereocenters. The third-order valence-electron chi connectivity index (χ3n) is 7.05. The van der Waals surface area contributed by atoms with Crippen molar-refractivity contribution in [3.63, 3.8) is 0 Å². The Morgan fingerprint density at radius 3 is 2.66 bits per heavy atom. The number of aromatic nitrogens is 3. The number of halogens is 2. The Morgan fingerprint density at radius 2 is 1.91 bits per heavy atom. The van der Waals surface area contributed by atoms with E-state index >= 15 is 0 Å². The van der Waals surface area contributed by atoms with Crippen molar-refractivity contribution in [2.45, 2.75) is 38.1 Å². The fraction of sp³-hybridized carbons (Fsp3) is 0.440. The van der Waals surface area contributed by atoms with Gasteiger partial charge in [-0.05, 0) is 56.5 Å². The highest BCUT2D eigenvalue weighted by atomic mass is 19.1. The van der Waals surface area contributed by atoms with Gasteiger partial charge in [0.1, 0.15) is 17.3 Å². The summed E-state index contributed by atoms with van der Waals surface area (Å²) in [5, 5.41) is 2.89. The van der Waals surface area contributed by atoms with Gasteiger partial charge >= 0.3 is 0 Å². The number of amides is 1. The largest absolute Gasteiger partial charge is 0.365 e. The van der Waals surface area contributed by atoms with Crippen LogP contribution in [-0.4, -0.2) is 64.5 Å². The van der Waals surface area contributed by atoms with Crippen molar-refractivity contribution in [3.8, 4) is 0 Å². The van der Waals surface area contributed by atoms with Crippen molar-refractivity contribution < 1.29 is 13.6 Å². The molecule has 35 heavy (non-hydrogen) atoms. The summed E-state index contributed by atoms with van der Waals surface area (Å²) in [5.41, 5.74) is 0.692. The number of hydrogen-bond acceptors (Lipinski definition) is 6. The Labute approximate surface area is 201 Å². The second-order valence-corrected chi connectivity index (χ2v) is 9.17. The van der Waals surface area contributed by atoms with Crippen LogP contribution >= 0.6 is 0 Å². The number of hydrogen-bond donors (Lipinski definition) is 2. The molecule has 1 amide bonds. The van der Waals surface area contributed by atoms with Crippen LogP contribution in [-0.2, 0) is 0 Å². The summed E-state index contributed by atoms with van der Waals surface area (Å²) in [5.74, 6) is -0.659. The zero-order valence-electron chi connectivity index (χ0n) is 19.6. The number of carbonyl (C=O) groups excluding carboxylic acids is 1. The smallest absolute Gasteiger partial charge is 0.269 e. The van der Waals surface area contributed by atoms with Gasteiger partial charge in [-0.25, -0.2) is 14.4 Å². The van der Waals surface area contributed by atoms with Crippen LogP contribution in [0.5, 0.6) is 0 Å². The molecule has 5 rings (SSSR count). The Hall–Kier alpha value is -3.40. The van der Waals surface area contributed by atoms with Gasteiger partial charge in [-0.15, -0.1) is 0 Å². The molecule has 2 fully saturated rings. The minimum Gasteiger partial charge on any atom is -0.365 e. The van der Waals surface area contributed by atoms with Crippen LogP contribution in [0.15, 0.2) is 35.1 Å². The van der Waals surface area contributed by atoms with E-state index in [1.807, 2.05) is 4.90 Å². The lowest BCUT2D eigenvalue weighted by atomic mass is 10.1. The molecule has 1 aliphatic carbocycles. The highest BCUT2D eigenvalue weighted by Crippen LogP contribution is 2.36. The maximum absolute atomic E-state index is 14.6. The molecule has 10 heteroatoms. The van der Waals surface area contributed by atoms with E-state index in [0.717, 1.165) is 32.4 Å². The lowest BCUT2D eigenvalue weighted by molar-refractivity contribution is 0.0949. The Morgan fingerprint density at radius 1 is 1.11 bits per heavy atom. The molecule has 1 saturated heterocycles. The first kappa shape index (κ1) is 23.3. The highest BCUT2D eigenvalue weighted by Gasteiger charge is 2.33. The van der Waals surface area contributed by atoms with E-state index in [1.165, 1.54) is 12.1 Å². The summed E-state index contributed by atoms with van der Waals surface area (Å²) < 4.78 is 28.1. The van der Waals surface area contributed by atoms with Crippen LogP contribution in [0.4, 0.5) is 14.5 Å². The van der Waals surface area contributed by atoms with E-state index in [9.17, 15) is 18.4 Å². The molecule has 184 valence electrons. The molecule has 2 atom stereocenters. The van der Waals surface area contributed by atoms with E-state index < -0.39 is 11.8 Å². The van der Waals surface area contributed by atoms with Crippen LogP contribution in [0.2, 0.25) is 0 Å². The van der Waals surface area contributed by atoms with Gasteiger partial charge in [0.2, 0.25) is 5.95 Å². The molecule has 3 aromatic rings. The maximum Gasteiger partial charge on any atom is 0.269 e. The summed E-state index contributed by atoms with van der Waals surface area (Å²) >= 11 is 0. The molecule has 8 nitrogen and oxygen atoms in total. The van der Waals surface area contributed by atoms with Crippen LogP contribution < -0.4 is 15.8 Å². The predicted octanol–water partition coefficient (Wildman–Crippen LogP) is 2.80. The van der Waals surface area contributed by atoms with Gasteiger partial charge in [-0.2, -0.15) is 4.39 Å². The molecule has 0 bridgehead atoms. The number of carbonyl (C=O) groups is 1. The number of fused-ring (bicyclic) bond motifs is 1. The second kappa shape index (κ2) is 9.69. The molecular weight excluding hydrogens is 454 g/mol. The van der Waals surface area contributed by atoms with Gasteiger partial charge in [0.15, 0.2) is 0 Å². The van der Waals surface area contributed by atoms with Crippen LogP contribution in [0, 0.1) is 11.8 Å². The van der Waals surface area contributed by atoms with Gasteiger partial charge in [0.25, 0.3) is 11.5 Å². The fourth-order valence-electron chi connectivity index (χ4n) is 5.23. The lowest BCUT2D eigenvalue weighted by Gasteiger charge is -2.39. The number of nitrogens with one attached hydrogen (secondary N) is 2. The second-order valence-electron chi connectivity index (χ2n) is 9.17. The Kier molecular flexibility index (Phi) is 6.46. The Balaban J connectivity index is 1.21. The number of anilines is 1. The van der Waals surface area contributed by atoms with Crippen LogP contribution in [0.3, 0.4) is 0 Å². The molecule has 2 N–H and O–H groups in total. The number of nitrogens with zero attached hydrogens (tertiary/aromatic N) is 4. The van der Waals surface area contributed by atoms with E-state index in [1.54, 1.807) is 25.1 Å². The van der Waals surface area contributed by atoms with E-state index in [2.05, 4.69) is 25.2 Å². The van der Waals surface area contributed by atoms with Crippen molar-refractivity contribution >= 4 is 22.5 Å². The van der Waals surface area contributed by atoms with Crippen molar-refractivity contribution in [3.05, 3.63) is 64.0 Å². The molecule has 1 aromatic carbocycles. The third kappa shape index (κ3) is 4.75. The predicted molar refractivity (Wildman–Crippen MR) is 129 cm³/mol. The number of pyridine rings is 1. The Bertz CT molecular complexity index is 1300. The monoisotopic (exact) mass is 482 g/mol. The number of aromatic amines is 1. The van der Waals surface area contributed by atoms with Crippen molar-refractivity contribution in [2.24, 2.45) is 0 Å². The SMILES string of the molecule is CCNC(=O)c1ccc(N2CCN([C@H]3CC[C@@H](c4nc5ccc(F)cc5c(=O)[nH]4)C3)CC2)c(F)n1. The van der Waals surface area contributed by atoms with Crippen LogP contribution in [0.25, 0.3) is 10.9 Å². The summed E-state index contributed by atoms with van der Waals surface area (Å²) in [6.07, 6.45) is 2.79. The number of piperazine rings is 1. The third-order valence-corrected chi connectivity index (χ3v) is 7.05. The first-order chi connectivity index (χ1) is 16.9. The van der Waals surface area contributed by atoms with Gasteiger partial charge in [0.05, 0.1) is 16.6 Å². The van der Waals surface area contributed by atoms with Crippen LogP contribution in [0.1, 0.15) is 48.4 Å². The molecule has 0 spiro atoms. The lowest BCUT2D eigenvalue weighted by Crippen LogP contribution is -2.50. The number of H-pyrrole nitrogens is 1. The first-order valence-electron chi connectivity index (χ1n) is 12.1. The molecule has 0 radical (unpaired) electrons. The minimum absolute atomic E-state index is 0.0780. The zero-order valence-corrected chi connectivity index (χ0v) is 19.6. The quantitative estimate of drug-likeness (QED) is 0.544. The number of rotatable bonds is 5. The molecule has 1 aliphatic heterocycles. The first-order valence-corrected chi connectivity index (χ1v) is 12.1. The summed E-state index contributed by atoms with van der Waals surface area (Å²) in [6.45, 7) is 5.16. The number of benzene rings is 1. The summed E-state index contributed by atoms with van der Waals surface area (Å²) in [7, 11) is 0. The van der Waals surface area contributed by atoms with Gasteiger partial charge in [0, 0.05) is 44.7 Å². The molecule has 3 heterocycles. The topological polar surface area (TPSA) is 94.2 Å². The van der Waals surface area contributed by atoms with Gasteiger partial charge in [-0.3, -0.25) is 14.5 Å². The van der Waals surface area contributed by atoms with Crippen molar-refractivity contribution in [2.75, 3.05) is 37.6 Å². The van der Waals surface area contributed by atoms with E-state index in [0.29, 0.717) is 42.7 Å². The average Bonchev–Trinajstić information content (AvgIpc) is 3.35. The molecule has 2 aromatic heterocycles. The average molecular weight is 483 g/mol. The highest BCUT2D eigenvalue weighted by molar-refractivity contribution is 5.92. The normalized spacial score (nSPS) is 20.9. The molecule has 2 aliphatic rings. The summed E-state index contributed by atoms with van der Waals surface area (Å²) in [6, 6.07) is 7.63. The van der Waals surface area contributed by atoms with Crippen molar-refractivity contribution in [1.29, 1.82) is 0 Å². The zero-order chi connectivity index (χ0) is 24.5. The van der Waals surface area contributed by atoms with E-state index in [-0.39, 0.29) is 28.5 Å². The van der Waals surface area contributed by atoms with Gasteiger partial charge < -0.3 is 15.2 Å². The van der Waals surface area contributed by atoms with Gasteiger partial charge in [-0.1, -0.05) is 0 Å². The molecule has 1 saturated carbocycles. The summed E-state index contributed by atoms with van der Waals surface area (Å²) in [4.78, 5) is 40.0. The fourth-order valence-corrected chi connectivity index (χ4v) is 5.23. The van der Waals surface area contributed by atoms with E-state index in [4.69, 9.17) is 0 Å². The van der Waals surface area contributed by atoms with Crippen molar-refractivity contribution in [1.82, 2.24) is 25.2 Å². The maximum atomic E-state index is 14.6.